The van der Waals surface area contributed by atoms with Crippen molar-refractivity contribution in [1.82, 2.24) is 0 Å². The van der Waals surface area contributed by atoms with Gasteiger partial charge in [-0.15, -0.1) is 0 Å². The van der Waals surface area contributed by atoms with Crippen molar-refractivity contribution in [3.8, 4) is 6.07 Å². The largest absolute Gasteiger partial charge is 0.398 e. The maximum Gasteiger partial charge on any atom is 0.101 e. The van der Waals surface area contributed by atoms with Crippen LogP contribution in [0.1, 0.15) is 11.1 Å². The van der Waals surface area contributed by atoms with E-state index >= 15 is 0 Å². The Bertz CT molecular complexity index is 632. The van der Waals surface area contributed by atoms with Crippen LogP contribution in [-0.4, -0.2) is 7.05 Å². The van der Waals surface area contributed by atoms with Crippen LogP contribution >= 0.6 is 11.6 Å². The molecule has 0 saturated carbocycles. The minimum atomic E-state index is 0.626. The Kier molecular flexibility index (Phi) is 3.94. The summed E-state index contributed by atoms with van der Waals surface area (Å²) >= 11 is 5.88. The second-order valence-corrected chi connectivity index (χ2v) is 4.76. The molecule has 0 fully saturated rings. The zero-order chi connectivity index (χ0) is 13.8. The first kappa shape index (κ1) is 13.3. The molecule has 2 rings (SSSR count). The first-order valence-corrected chi connectivity index (χ1v) is 6.24. The van der Waals surface area contributed by atoms with Gasteiger partial charge in [0.1, 0.15) is 6.07 Å². The van der Waals surface area contributed by atoms with Gasteiger partial charge >= 0.3 is 0 Å². The van der Waals surface area contributed by atoms with Gasteiger partial charge in [0.15, 0.2) is 0 Å². The summed E-state index contributed by atoms with van der Waals surface area (Å²) in [5.41, 5.74) is 9.13. The van der Waals surface area contributed by atoms with Gasteiger partial charge in [0.05, 0.1) is 11.3 Å². The fourth-order valence-electron chi connectivity index (χ4n) is 1.95. The van der Waals surface area contributed by atoms with Crippen LogP contribution in [0, 0.1) is 11.3 Å². The third-order valence-electron chi connectivity index (χ3n) is 2.95. The van der Waals surface area contributed by atoms with E-state index in [1.165, 1.54) is 0 Å². The predicted octanol–water partition coefficient (Wildman–Crippen LogP) is 3.43. The molecule has 0 atom stereocenters. The molecule has 4 heteroatoms. The first-order valence-electron chi connectivity index (χ1n) is 5.86. The highest BCUT2D eigenvalue weighted by Gasteiger charge is 2.09. The van der Waals surface area contributed by atoms with Gasteiger partial charge < -0.3 is 10.6 Å². The summed E-state index contributed by atoms with van der Waals surface area (Å²) in [4.78, 5) is 2.00. The second kappa shape index (κ2) is 5.64. The van der Waals surface area contributed by atoms with Crippen molar-refractivity contribution >= 4 is 23.0 Å². The van der Waals surface area contributed by atoms with E-state index in [4.69, 9.17) is 22.6 Å². The molecule has 2 aromatic rings. The average Bonchev–Trinajstić information content (AvgIpc) is 2.41. The Morgan fingerprint density at radius 1 is 1.26 bits per heavy atom. The van der Waals surface area contributed by atoms with Gasteiger partial charge in [-0.25, -0.2) is 0 Å². The monoisotopic (exact) mass is 271 g/mol. The molecule has 3 nitrogen and oxygen atoms in total. The molecule has 0 aliphatic rings. The second-order valence-electron chi connectivity index (χ2n) is 4.33. The molecule has 19 heavy (non-hydrogen) atoms. The van der Waals surface area contributed by atoms with Crippen molar-refractivity contribution in [2.24, 2.45) is 0 Å². The number of nitrogen functional groups attached to an aromatic ring is 1. The van der Waals surface area contributed by atoms with Gasteiger partial charge in [0.2, 0.25) is 0 Å². The smallest absolute Gasteiger partial charge is 0.101 e. The van der Waals surface area contributed by atoms with Crippen LogP contribution in [-0.2, 0) is 6.54 Å². The maximum atomic E-state index is 9.11. The van der Waals surface area contributed by atoms with E-state index in [0.29, 0.717) is 22.8 Å². The molecule has 0 bridgehead atoms. The molecule has 0 aromatic heterocycles. The quantitative estimate of drug-likeness (QED) is 0.870. The highest BCUT2D eigenvalue weighted by molar-refractivity contribution is 6.30. The summed E-state index contributed by atoms with van der Waals surface area (Å²) in [5, 5.41) is 9.73. The van der Waals surface area contributed by atoms with Crippen molar-refractivity contribution < 1.29 is 0 Å². The molecule has 2 N–H and O–H groups in total. The number of rotatable bonds is 3. The molecular formula is C15H14ClN3. The summed E-state index contributed by atoms with van der Waals surface area (Å²) < 4.78 is 0. The van der Waals surface area contributed by atoms with Crippen molar-refractivity contribution in [3.05, 3.63) is 58.6 Å². The number of anilines is 2. The highest BCUT2D eigenvalue weighted by Crippen LogP contribution is 2.23. The Morgan fingerprint density at radius 2 is 2.00 bits per heavy atom. The third kappa shape index (κ3) is 2.98. The van der Waals surface area contributed by atoms with Crippen LogP contribution in [0.25, 0.3) is 0 Å². The number of hydrogen-bond donors (Lipinski definition) is 1. The van der Waals surface area contributed by atoms with Gasteiger partial charge in [0.25, 0.3) is 0 Å². The standard InChI is InChI=1S/C15H14ClN3/c1-19(15-5-3-2-4-11(15)9-17)10-12-6-7-13(16)8-14(12)18/h2-8H,10,18H2,1H3. The zero-order valence-corrected chi connectivity index (χ0v) is 11.4. The number of para-hydroxylation sites is 1. The lowest BCUT2D eigenvalue weighted by Gasteiger charge is -2.21. The van der Waals surface area contributed by atoms with E-state index in [1.54, 1.807) is 12.1 Å². The number of nitrogens with zero attached hydrogens (tertiary/aromatic N) is 2. The molecule has 0 aliphatic heterocycles. The van der Waals surface area contributed by atoms with Gasteiger partial charge in [-0.05, 0) is 29.8 Å². The van der Waals surface area contributed by atoms with Crippen LogP contribution in [0.3, 0.4) is 0 Å². The number of nitrogens with two attached hydrogens (primary N) is 1. The number of benzene rings is 2. The van der Waals surface area contributed by atoms with Gasteiger partial charge in [-0.3, -0.25) is 0 Å². The van der Waals surface area contributed by atoms with Crippen molar-refractivity contribution in [2.75, 3.05) is 17.7 Å². The summed E-state index contributed by atoms with van der Waals surface area (Å²) in [6.45, 7) is 0.627. The van der Waals surface area contributed by atoms with Crippen molar-refractivity contribution in [3.63, 3.8) is 0 Å². The lowest BCUT2D eigenvalue weighted by atomic mass is 10.1. The molecule has 0 spiro atoms. The molecule has 0 amide bonds. The topological polar surface area (TPSA) is 53.0 Å². The molecule has 2 aromatic carbocycles. The third-order valence-corrected chi connectivity index (χ3v) is 3.19. The Morgan fingerprint density at radius 3 is 2.68 bits per heavy atom. The van der Waals surface area contributed by atoms with E-state index in [1.807, 2.05) is 42.3 Å². The van der Waals surface area contributed by atoms with Gasteiger partial charge in [-0.2, -0.15) is 5.26 Å². The van der Waals surface area contributed by atoms with E-state index in [9.17, 15) is 0 Å². The average molecular weight is 272 g/mol. The lowest BCUT2D eigenvalue weighted by Crippen LogP contribution is -2.18. The minimum absolute atomic E-state index is 0.626. The van der Waals surface area contributed by atoms with E-state index in [-0.39, 0.29) is 0 Å². The number of halogens is 1. The van der Waals surface area contributed by atoms with Crippen LogP contribution in [0.5, 0.6) is 0 Å². The molecule has 0 heterocycles. The predicted molar refractivity (Wildman–Crippen MR) is 79.1 cm³/mol. The normalized spacial score (nSPS) is 9.95. The zero-order valence-electron chi connectivity index (χ0n) is 10.6. The summed E-state index contributed by atoms with van der Waals surface area (Å²) in [6.07, 6.45) is 0. The summed E-state index contributed by atoms with van der Waals surface area (Å²) in [6, 6.07) is 15.1. The van der Waals surface area contributed by atoms with Gasteiger partial charge in [-0.1, -0.05) is 29.8 Å². The van der Waals surface area contributed by atoms with Crippen LogP contribution < -0.4 is 10.6 Å². The molecular weight excluding hydrogens is 258 g/mol. The molecule has 0 unspecified atom stereocenters. The lowest BCUT2D eigenvalue weighted by molar-refractivity contribution is 0.923. The minimum Gasteiger partial charge on any atom is -0.398 e. The number of hydrogen-bond acceptors (Lipinski definition) is 3. The molecule has 0 radical (unpaired) electrons. The van der Waals surface area contributed by atoms with Crippen LogP contribution in [0.4, 0.5) is 11.4 Å². The molecule has 0 saturated heterocycles. The first-order chi connectivity index (χ1) is 9.11. The fraction of sp³-hybridized carbons (Fsp3) is 0.133. The van der Waals surface area contributed by atoms with E-state index < -0.39 is 0 Å². The Labute approximate surface area is 117 Å². The van der Waals surface area contributed by atoms with Crippen LogP contribution in [0.15, 0.2) is 42.5 Å². The van der Waals surface area contributed by atoms with Crippen LogP contribution in [0.2, 0.25) is 5.02 Å². The van der Waals surface area contributed by atoms with E-state index in [0.717, 1.165) is 11.3 Å². The SMILES string of the molecule is CN(Cc1ccc(Cl)cc1N)c1ccccc1C#N. The van der Waals surface area contributed by atoms with Gasteiger partial charge in [0, 0.05) is 24.3 Å². The van der Waals surface area contributed by atoms with E-state index in [2.05, 4.69) is 6.07 Å². The highest BCUT2D eigenvalue weighted by atomic mass is 35.5. The Balaban J connectivity index is 2.26. The Hall–Kier alpha value is -2.18. The maximum absolute atomic E-state index is 9.11. The van der Waals surface area contributed by atoms with Crippen molar-refractivity contribution in [2.45, 2.75) is 6.54 Å². The number of nitriles is 1. The summed E-state index contributed by atoms with van der Waals surface area (Å²) in [7, 11) is 1.93. The molecule has 96 valence electrons. The van der Waals surface area contributed by atoms with Crippen molar-refractivity contribution in [1.29, 1.82) is 5.26 Å². The fourth-order valence-corrected chi connectivity index (χ4v) is 2.13. The molecule has 0 aliphatic carbocycles. The summed E-state index contributed by atoms with van der Waals surface area (Å²) in [5.74, 6) is 0.